The average molecular weight is 276 g/mol. The van der Waals surface area contributed by atoms with Crippen LogP contribution in [0.15, 0.2) is 30.3 Å². The van der Waals surface area contributed by atoms with Gasteiger partial charge >= 0.3 is 0 Å². The standard InChI is InChI=1S/C16H24N2O2/c19-15-6-8-18(9-7-15)11-14-10-17-12-16(14,20)13-4-2-1-3-5-13/h1-5,14-15,17,19-20H,6-12H2/t14-,16+/m1/s1. The molecule has 1 aromatic carbocycles. The Morgan fingerprint density at radius 3 is 2.60 bits per heavy atom. The molecule has 0 amide bonds. The number of piperidine rings is 1. The monoisotopic (exact) mass is 276 g/mol. The molecule has 4 nitrogen and oxygen atoms in total. The fourth-order valence-electron chi connectivity index (χ4n) is 3.44. The van der Waals surface area contributed by atoms with Crippen molar-refractivity contribution in [1.82, 2.24) is 10.2 Å². The molecule has 2 heterocycles. The zero-order chi connectivity index (χ0) is 14.0. The van der Waals surface area contributed by atoms with E-state index in [1.807, 2.05) is 30.3 Å². The Morgan fingerprint density at radius 1 is 1.20 bits per heavy atom. The number of aliphatic hydroxyl groups excluding tert-OH is 1. The van der Waals surface area contributed by atoms with Crippen molar-refractivity contribution in [1.29, 1.82) is 0 Å². The maximum atomic E-state index is 11.1. The highest BCUT2D eigenvalue weighted by atomic mass is 16.3. The molecule has 0 aliphatic carbocycles. The van der Waals surface area contributed by atoms with Crippen molar-refractivity contribution in [3.8, 4) is 0 Å². The highest BCUT2D eigenvalue weighted by Crippen LogP contribution is 2.33. The molecule has 110 valence electrons. The zero-order valence-electron chi connectivity index (χ0n) is 11.8. The van der Waals surface area contributed by atoms with Crippen molar-refractivity contribution in [3.05, 3.63) is 35.9 Å². The van der Waals surface area contributed by atoms with Crippen molar-refractivity contribution >= 4 is 0 Å². The molecule has 2 saturated heterocycles. The molecular weight excluding hydrogens is 252 g/mol. The third-order valence-electron chi connectivity index (χ3n) is 4.77. The number of β-amino-alcohol motifs (C(OH)–C–C–N with tert-alkyl or cyclic N) is 1. The number of hydrogen-bond donors (Lipinski definition) is 3. The minimum absolute atomic E-state index is 0.138. The highest BCUT2D eigenvalue weighted by molar-refractivity contribution is 5.25. The number of nitrogens with one attached hydrogen (secondary N) is 1. The van der Waals surface area contributed by atoms with Gasteiger partial charge in [0.2, 0.25) is 0 Å². The van der Waals surface area contributed by atoms with Crippen molar-refractivity contribution in [2.45, 2.75) is 24.5 Å². The lowest BCUT2D eigenvalue weighted by atomic mass is 9.83. The minimum atomic E-state index is -0.767. The van der Waals surface area contributed by atoms with Crippen LogP contribution in [0, 0.1) is 5.92 Å². The molecule has 0 radical (unpaired) electrons. The largest absolute Gasteiger partial charge is 0.393 e. The smallest absolute Gasteiger partial charge is 0.107 e. The molecule has 20 heavy (non-hydrogen) atoms. The summed E-state index contributed by atoms with van der Waals surface area (Å²) in [6, 6.07) is 9.98. The Bertz CT molecular complexity index is 431. The summed E-state index contributed by atoms with van der Waals surface area (Å²) in [5, 5.41) is 24.0. The molecule has 3 N–H and O–H groups in total. The predicted molar refractivity (Wildman–Crippen MR) is 78.4 cm³/mol. The van der Waals surface area contributed by atoms with E-state index in [4.69, 9.17) is 0 Å². The lowest BCUT2D eigenvalue weighted by molar-refractivity contribution is -0.0100. The van der Waals surface area contributed by atoms with E-state index < -0.39 is 5.60 Å². The first-order valence-corrected chi connectivity index (χ1v) is 7.57. The molecule has 0 saturated carbocycles. The summed E-state index contributed by atoms with van der Waals surface area (Å²) >= 11 is 0. The predicted octanol–water partition coefficient (Wildman–Crippen LogP) is 0.550. The number of benzene rings is 1. The first-order chi connectivity index (χ1) is 9.68. The van der Waals surface area contributed by atoms with E-state index in [0.717, 1.165) is 44.6 Å². The molecule has 3 rings (SSSR count). The second kappa shape index (κ2) is 5.82. The van der Waals surface area contributed by atoms with Gasteiger partial charge in [0.05, 0.1) is 6.10 Å². The van der Waals surface area contributed by atoms with Gasteiger partial charge in [-0.05, 0) is 18.4 Å². The lowest BCUT2D eigenvalue weighted by Crippen LogP contribution is -2.45. The van der Waals surface area contributed by atoms with Crippen LogP contribution in [0.4, 0.5) is 0 Å². The van der Waals surface area contributed by atoms with Crippen LogP contribution in [-0.4, -0.2) is 53.9 Å². The van der Waals surface area contributed by atoms with Crippen LogP contribution in [0.2, 0.25) is 0 Å². The van der Waals surface area contributed by atoms with Gasteiger partial charge in [-0.15, -0.1) is 0 Å². The van der Waals surface area contributed by atoms with Gasteiger partial charge in [0.1, 0.15) is 5.60 Å². The van der Waals surface area contributed by atoms with Gasteiger partial charge in [0, 0.05) is 38.6 Å². The fraction of sp³-hybridized carbons (Fsp3) is 0.625. The molecule has 1 aromatic rings. The highest BCUT2D eigenvalue weighted by Gasteiger charge is 2.43. The second-order valence-corrected chi connectivity index (χ2v) is 6.15. The van der Waals surface area contributed by atoms with E-state index in [0.29, 0.717) is 6.54 Å². The van der Waals surface area contributed by atoms with E-state index in [2.05, 4.69) is 10.2 Å². The van der Waals surface area contributed by atoms with E-state index in [1.165, 1.54) is 0 Å². The van der Waals surface area contributed by atoms with Gasteiger partial charge in [-0.2, -0.15) is 0 Å². The summed E-state index contributed by atoms with van der Waals surface area (Å²) in [5.41, 5.74) is 0.240. The van der Waals surface area contributed by atoms with Gasteiger partial charge in [0.25, 0.3) is 0 Å². The Labute approximate surface area is 120 Å². The maximum Gasteiger partial charge on any atom is 0.107 e. The molecule has 2 aliphatic heterocycles. The topological polar surface area (TPSA) is 55.7 Å². The molecule has 2 fully saturated rings. The first-order valence-electron chi connectivity index (χ1n) is 7.57. The van der Waals surface area contributed by atoms with E-state index in [1.54, 1.807) is 0 Å². The first kappa shape index (κ1) is 14.0. The third-order valence-corrected chi connectivity index (χ3v) is 4.77. The SMILES string of the molecule is OC1CCN(C[C@H]2CNC[C@]2(O)c2ccccc2)CC1. The molecule has 0 bridgehead atoms. The van der Waals surface area contributed by atoms with Crippen LogP contribution >= 0.6 is 0 Å². The van der Waals surface area contributed by atoms with Crippen LogP contribution in [0.1, 0.15) is 18.4 Å². The zero-order valence-corrected chi connectivity index (χ0v) is 11.8. The summed E-state index contributed by atoms with van der Waals surface area (Å²) in [4.78, 5) is 2.37. The van der Waals surface area contributed by atoms with Crippen LogP contribution in [0.3, 0.4) is 0 Å². The summed E-state index contributed by atoms with van der Waals surface area (Å²) in [5.74, 6) is 0.208. The normalized spacial score (nSPS) is 32.6. The average Bonchev–Trinajstić information content (AvgIpc) is 2.85. The summed E-state index contributed by atoms with van der Waals surface area (Å²) in [6.07, 6.45) is 1.56. The number of nitrogens with zero attached hydrogens (tertiary/aromatic N) is 1. The fourth-order valence-corrected chi connectivity index (χ4v) is 3.44. The van der Waals surface area contributed by atoms with Crippen molar-refractivity contribution in [3.63, 3.8) is 0 Å². The van der Waals surface area contributed by atoms with E-state index >= 15 is 0 Å². The van der Waals surface area contributed by atoms with Crippen molar-refractivity contribution < 1.29 is 10.2 Å². The van der Waals surface area contributed by atoms with Gasteiger partial charge in [-0.1, -0.05) is 30.3 Å². The number of likely N-dealkylation sites (tertiary alicyclic amines) is 1. The Balaban J connectivity index is 1.69. The van der Waals surface area contributed by atoms with Gasteiger partial charge in [0.15, 0.2) is 0 Å². The molecule has 4 heteroatoms. The van der Waals surface area contributed by atoms with Crippen LogP contribution in [-0.2, 0) is 5.60 Å². The van der Waals surface area contributed by atoms with Crippen molar-refractivity contribution in [2.24, 2.45) is 5.92 Å². The molecule has 0 unspecified atom stereocenters. The number of hydrogen-bond acceptors (Lipinski definition) is 4. The Hall–Kier alpha value is -0.940. The minimum Gasteiger partial charge on any atom is -0.393 e. The quantitative estimate of drug-likeness (QED) is 0.755. The van der Waals surface area contributed by atoms with E-state index in [9.17, 15) is 10.2 Å². The Morgan fingerprint density at radius 2 is 1.90 bits per heavy atom. The molecule has 2 aliphatic rings. The number of rotatable bonds is 3. The van der Waals surface area contributed by atoms with Crippen LogP contribution in [0.25, 0.3) is 0 Å². The summed E-state index contributed by atoms with van der Waals surface area (Å²) in [6.45, 7) is 4.23. The summed E-state index contributed by atoms with van der Waals surface area (Å²) in [7, 11) is 0. The van der Waals surface area contributed by atoms with Gasteiger partial charge in [-0.25, -0.2) is 0 Å². The molecule has 2 atom stereocenters. The van der Waals surface area contributed by atoms with Crippen LogP contribution in [0.5, 0.6) is 0 Å². The molecule has 0 spiro atoms. The van der Waals surface area contributed by atoms with Gasteiger partial charge in [-0.3, -0.25) is 0 Å². The Kier molecular flexibility index (Phi) is 4.08. The second-order valence-electron chi connectivity index (χ2n) is 6.15. The maximum absolute atomic E-state index is 11.1. The molecular formula is C16H24N2O2. The van der Waals surface area contributed by atoms with Gasteiger partial charge < -0.3 is 20.4 Å². The lowest BCUT2D eigenvalue weighted by Gasteiger charge is -2.36. The van der Waals surface area contributed by atoms with Crippen LogP contribution < -0.4 is 5.32 Å². The molecule has 0 aromatic heterocycles. The number of aliphatic hydroxyl groups is 2. The summed E-state index contributed by atoms with van der Waals surface area (Å²) < 4.78 is 0. The third kappa shape index (κ3) is 2.74. The van der Waals surface area contributed by atoms with E-state index in [-0.39, 0.29) is 12.0 Å². The van der Waals surface area contributed by atoms with Crippen molar-refractivity contribution in [2.75, 3.05) is 32.7 Å².